The van der Waals surface area contributed by atoms with Crippen LogP contribution in [-0.2, 0) is 0 Å². The van der Waals surface area contributed by atoms with Crippen molar-refractivity contribution in [2.24, 2.45) is 0 Å². The summed E-state index contributed by atoms with van der Waals surface area (Å²) in [6.07, 6.45) is 0. The van der Waals surface area contributed by atoms with E-state index in [0.29, 0.717) is 11.4 Å². The monoisotopic (exact) mass is 365 g/mol. The van der Waals surface area contributed by atoms with Gasteiger partial charge in [0.25, 0.3) is 0 Å². The van der Waals surface area contributed by atoms with E-state index in [4.69, 9.17) is 0 Å². The van der Waals surface area contributed by atoms with E-state index < -0.39 is 0 Å². The SMILES string of the molecule is CNc1nc(-c2cc(Br)ccc2F)nc2sc(C)c(C)c12. The van der Waals surface area contributed by atoms with Crippen molar-refractivity contribution in [2.75, 3.05) is 12.4 Å². The number of nitrogens with one attached hydrogen (secondary N) is 1. The first-order valence-corrected chi connectivity index (χ1v) is 8.03. The fourth-order valence-corrected chi connectivity index (χ4v) is 3.61. The Morgan fingerprint density at radius 3 is 2.71 bits per heavy atom. The summed E-state index contributed by atoms with van der Waals surface area (Å²) in [5.41, 5.74) is 1.56. The van der Waals surface area contributed by atoms with Crippen LogP contribution in [0.4, 0.5) is 10.2 Å². The Bertz CT molecular complexity index is 845. The maximum atomic E-state index is 14.1. The molecule has 21 heavy (non-hydrogen) atoms. The van der Waals surface area contributed by atoms with Gasteiger partial charge in [-0.3, -0.25) is 0 Å². The van der Waals surface area contributed by atoms with Crippen LogP contribution < -0.4 is 5.32 Å². The third-order valence-corrected chi connectivity index (χ3v) is 5.03. The Balaban J connectivity index is 2.32. The van der Waals surface area contributed by atoms with Crippen molar-refractivity contribution in [1.29, 1.82) is 0 Å². The number of halogens is 2. The molecule has 0 radical (unpaired) electrons. The van der Waals surface area contributed by atoms with Gasteiger partial charge in [0.15, 0.2) is 5.82 Å². The number of rotatable bonds is 2. The zero-order valence-corrected chi connectivity index (χ0v) is 14.2. The normalized spacial score (nSPS) is 11.1. The minimum atomic E-state index is -0.329. The standard InChI is InChI=1S/C15H13BrFN3S/c1-7-8(2)21-15-12(7)14(18-3)19-13(20-15)10-6-9(16)4-5-11(10)17/h4-6H,1-3H3,(H,18,19,20). The predicted molar refractivity (Wildman–Crippen MR) is 89.5 cm³/mol. The zero-order chi connectivity index (χ0) is 15.1. The van der Waals surface area contributed by atoms with Gasteiger partial charge in [-0.2, -0.15) is 0 Å². The topological polar surface area (TPSA) is 37.8 Å². The van der Waals surface area contributed by atoms with Gasteiger partial charge in [-0.1, -0.05) is 15.9 Å². The Kier molecular flexibility index (Phi) is 3.67. The molecule has 0 amide bonds. The van der Waals surface area contributed by atoms with E-state index in [1.54, 1.807) is 23.5 Å². The summed E-state index contributed by atoms with van der Waals surface area (Å²) in [6.45, 7) is 4.11. The van der Waals surface area contributed by atoms with E-state index in [1.165, 1.54) is 16.5 Å². The second-order valence-electron chi connectivity index (χ2n) is 4.73. The number of hydrogen-bond donors (Lipinski definition) is 1. The lowest BCUT2D eigenvalue weighted by molar-refractivity contribution is 0.630. The van der Waals surface area contributed by atoms with Crippen LogP contribution in [0.2, 0.25) is 0 Å². The molecule has 0 bridgehead atoms. The van der Waals surface area contributed by atoms with Crippen molar-refractivity contribution in [2.45, 2.75) is 13.8 Å². The number of nitrogens with zero attached hydrogens (tertiary/aromatic N) is 2. The quantitative estimate of drug-likeness (QED) is 0.700. The van der Waals surface area contributed by atoms with Gasteiger partial charge in [0, 0.05) is 16.4 Å². The van der Waals surface area contributed by atoms with E-state index >= 15 is 0 Å². The second-order valence-corrected chi connectivity index (χ2v) is 6.85. The lowest BCUT2D eigenvalue weighted by Gasteiger charge is -2.07. The lowest BCUT2D eigenvalue weighted by Crippen LogP contribution is -1.99. The summed E-state index contributed by atoms with van der Waals surface area (Å²) >= 11 is 4.96. The first-order valence-electron chi connectivity index (χ1n) is 6.42. The highest BCUT2D eigenvalue weighted by atomic mass is 79.9. The van der Waals surface area contributed by atoms with Crippen LogP contribution in [-0.4, -0.2) is 17.0 Å². The van der Waals surface area contributed by atoms with Gasteiger partial charge < -0.3 is 5.32 Å². The zero-order valence-electron chi connectivity index (χ0n) is 11.8. The van der Waals surface area contributed by atoms with Crippen LogP contribution in [0.5, 0.6) is 0 Å². The number of benzene rings is 1. The molecule has 0 aliphatic rings. The smallest absolute Gasteiger partial charge is 0.166 e. The molecule has 0 aliphatic carbocycles. The molecule has 108 valence electrons. The van der Waals surface area contributed by atoms with Crippen LogP contribution in [0.15, 0.2) is 22.7 Å². The number of thiophene rings is 1. The maximum Gasteiger partial charge on any atom is 0.166 e. The molecule has 3 rings (SSSR count). The van der Waals surface area contributed by atoms with Crippen LogP contribution in [0, 0.1) is 19.7 Å². The number of aryl methyl sites for hydroxylation is 2. The highest BCUT2D eigenvalue weighted by Gasteiger charge is 2.16. The van der Waals surface area contributed by atoms with Gasteiger partial charge in [0.1, 0.15) is 16.5 Å². The van der Waals surface area contributed by atoms with Gasteiger partial charge in [-0.05, 0) is 37.6 Å². The summed E-state index contributed by atoms with van der Waals surface area (Å²) in [5, 5.41) is 4.10. The van der Waals surface area contributed by atoms with Crippen molar-refractivity contribution in [3.05, 3.63) is 38.9 Å². The summed E-state index contributed by atoms with van der Waals surface area (Å²) in [5.74, 6) is 0.799. The summed E-state index contributed by atoms with van der Waals surface area (Å²) in [4.78, 5) is 11.1. The first-order chi connectivity index (χ1) is 10.0. The van der Waals surface area contributed by atoms with Crippen molar-refractivity contribution in [3.8, 4) is 11.4 Å². The fourth-order valence-electron chi connectivity index (χ4n) is 2.22. The number of aromatic nitrogens is 2. The molecule has 6 heteroatoms. The van der Waals surface area contributed by atoms with E-state index in [2.05, 4.69) is 45.1 Å². The maximum absolute atomic E-state index is 14.1. The van der Waals surface area contributed by atoms with E-state index in [1.807, 2.05) is 7.05 Å². The molecular formula is C15H13BrFN3S. The minimum absolute atomic E-state index is 0.329. The molecule has 0 spiro atoms. The van der Waals surface area contributed by atoms with Crippen LogP contribution >= 0.6 is 27.3 Å². The molecule has 0 saturated heterocycles. The third-order valence-electron chi connectivity index (χ3n) is 3.43. The molecule has 2 aromatic heterocycles. The number of fused-ring (bicyclic) bond motifs is 1. The average molecular weight is 366 g/mol. The van der Waals surface area contributed by atoms with Gasteiger partial charge in [0.2, 0.25) is 0 Å². The molecule has 0 fully saturated rings. The molecule has 0 atom stereocenters. The molecule has 3 aromatic rings. The summed E-state index contributed by atoms with van der Waals surface area (Å²) < 4.78 is 14.9. The minimum Gasteiger partial charge on any atom is -0.372 e. The molecule has 3 nitrogen and oxygen atoms in total. The van der Waals surface area contributed by atoms with Gasteiger partial charge in [-0.15, -0.1) is 11.3 Å². The number of anilines is 1. The molecule has 0 saturated carbocycles. The van der Waals surface area contributed by atoms with Crippen molar-refractivity contribution in [3.63, 3.8) is 0 Å². The molecule has 2 heterocycles. The lowest BCUT2D eigenvalue weighted by atomic mass is 10.1. The average Bonchev–Trinajstić information content (AvgIpc) is 2.76. The largest absolute Gasteiger partial charge is 0.372 e. The van der Waals surface area contributed by atoms with Gasteiger partial charge in [0.05, 0.1) is 10.9 Å². The molecule has 1 aromatic carbocycles. The van der Waals surface area contributed by atoms with Crippen molar-refractivity contribution < 1.29 is 4.39 Å². The van der Waals surface area contributed by atoms with E-state index in [-0.39, 0.29) is 5.82 Å². The summed E-state index contributed by atoms with van der Waals surface area (Å²) in [6, 6.07) is 4.77. The van der Waals surface area contributed by atoms with Crippen LogP contribution in [0.3, 0.4) is 0 Å². The van der Waals surface area contributed by atoms with E-state index in [0.717, 1.165) is 20.5 Å². The third kappa shape index (κ3) is 2.42. The number of hydrogen-bond acceptors (Lipinski definition) is 4. The highest BCUT2D eigenvalue weighted by molar-refractivity contribution is 9.10. The first kappa shape index (κ1) is 14.4. The molecular weight excluding hydrogens is 353 g/mol. The Labute approximate surface area is 134 Å². The fraction of sp³-hybridized carbons (Fsp3) is 0.200. The molecule has 0 unspecified atom stereocenters. The Morgan fingerprint density at radius 1 is 1.24 bits per heavy atom. The summed E-state index contributed by atoms with van der Waals surface area (Å²) in [7, 11) is 1.81. The Morgan fingerprint density at radius 2 is 2.00 bits per heavy atom. The van der Waals surface area contributed by atoms with E-state index in [9.17, 15) is 4.39 Å². The highest BCUT2D eigenvalue weighted by Crippen LogP contribution is 2.35. The second kappa shape index (κ2) is 5.35. The van der Waals surface area contributed by atoms with Crippen molar-refractivity contribution in [1.82, 2.24) is 9.97 Å². The Hall–Kier alpha value is -1.53. The molecule has 1 N–H and O–H groups in total. The molecule has 0 aliphatic heterocycles. The van der Waals surface area contributed by atoms with Crippen LogP contribution in [0.25, 0.3) is 21.6 Å². The predicted octanol–water partition coefficient (Wildman–Crippen LogP) is 4.92. The van der Waals surface area contributed by atoms with Crippen molar-refractivity contribution >= 4 is 43.3 Å². The van der Waals surface area contributed by atoms with Crippen LogP contribution in [0.1, 0.15) is 10.4 Å². The van der Waals surface area contributed by atoms with Gasteiger partial charge in [-0.25, -0.2) is 14.4 Å². The van der Waals surface area contributed by atoms with Gasteiger partial charge >= 0.3 is 0 Å².